The summed E-state index contributed by atoms with van der Waals surface area (Å²) in [5, 5.41) is 3.41. The van der Waals surface area contributed by atoms with Crippen molar-refractivity contribution >= 4 is 5.78 Å². The summed E-state index contributed by atoms with van der Waals surface area (Å²) in [5.74, 6) is 0.141. The molecular weight excluding hydrogens is 200 g/mol. The zero-order valence-electron chi connectivity index (χ0n) is 9.86. The lowest BCUT2D eigenvalue weighted by molar-refractivity contribution is 0.0933. The Morgan fingerprint density at radius 3 is 2.94 bits per heavy atom. The average Bonchev–Trinajstić information content (AvgIpc) is 3.09. The Bertz CT molecular complexity index is 383. The number of ketones is 1. The van der Waals surface area contributed by atoms with Crippen LogP contribution in [0.1, 0.15) is 42.7 Å². The predicted molar refractivity (Wildman–Crippen MR) is 63.3 cm³/mol. The van der Waals surface area contributed by atoms with Crippen LogP contribution < -0.4 is 5.32 Å². The fraction of sp³-hybridized carbons (Fsp3) is 0.538. The Hall–Kier alpha value is -1.22. The van der Waals surface area contributed by atoms with Crippen LogP contribution in [-0.2, 0) is 6.54 Å². The van der Waals surface area contributed by atoms with Gasteiger partial charge in [-0.25, -0.2) is 0 Å². The van der Waals surface area contributed by atoms with Crippen molar-refractivity contribution in [2.45, 2.75) is 39.3 Å². The molecule has 0 saturated heterocycles. The monoisotopic (exact) mass is 218 g/mol. The molecule has 0 aliphatic heterocycles. The van der Waals surface area contributed by atoms with Gasteiger partial charge < -0.3 is 5.32 Å². The van der Waals surface area contributed by atoms with Crippen molar-refractivity contribution in [3.63, 3.8) is 0 Å². The maximum Gasteiger partial charge on any atom is 0.184 e. The van der Waals surface area contributed by atoms with E-state index in [9.17, 15) is 4.79 Å². The zero-order valence-corrected chi connectivity index (χ0v) is 9.86. The van der Waals surface area contributed by atoms with Gasteiger partial charge in [0.15, 0.2) is 5.78 Å². The molecule has 0 aromatic carbocycles. The second-order valence-corrected chi connectivity index (χ2v) is 4.69. The number of nitrogens with one attached hydrogen (secondary N) is 1. The SMILES string of the molecule is CC(C)C(=O)c1ncccc1CNC1CC1. The van der Waals surface area contributed by atoms with Crippen LogP contribution >= 0.6 is 0 Å². The van der Waals surface area contributed by atoms with E-state index in [2.05, 4.69) is 10.3 Å². The normalized spacial score (nSPS) is 15.4. The molecule has 0 spiro atoms. The molecule has 0 radical (unpaired) electrons. The Labute approximate surface area is 96.3 Å². The molecule has 3 heteroatoms. The molecule has 16 heavy (non-hydrogen) atoms. The van der Waals surface area contributed by atoms with Gasteiger partial charge in [0.25, 0.3) is 0 Å². The summed E-state index contributed by atoms with van der Waals surface area (Å²) in [5.41, 5.74) is 1.65. The number of rotatable bonds is 5. The molecule has 1 aliphatic rings. The molecule has 0 amide bonds. The first-order chi connectivity index (χ1) is 7.68. The van der Waals surface area contributed by atoms with Gasteiger partial charge >= 0.3 is 0 Å². The molecule has 2 rings (SSSR count). The van der Waals surface area contributed by atoms with Crippen LogP contribution in [0.3, 0.4) is 0 Å². The van der Waals surface area contributed by atoms with Crippen LogP contribution in [0.15, 0.2) is 18.3 Å². The number of hydrogen-bond acceptors (Lipinski definition) is 3. The fourth-order valence-electron chi connectivity index (χ4n) is 1.62. The van der Waals surface area contributed by atoms with Crippen molar-refractivity contribution in [1.29, 1.82) is 0 Å². The number of carbonyl (C=O) groups excluding carboxylic acids is 1. The Morgan fingerprint density at radius 2 is 2.31 bits per heavy atom. The van der Waals surface area contributed by atoms with E-state index in [0.29, 0.717) is 11.7 Å². The van der Waals surface area contributed by atoms with Crippen LogP contribution in [0.25, 0.3) is 0 Å². The predicted octanol–water partition coefficient (Wildman–Crippen LogP) is 2.17. The molecule has 86 valence electrons. The highest BCUT2D eigenvalue weighted by molar-refractivity contribution is 5.96. The van der Waals surface area contributed by atoms with Gasteiger partial charge in [0.2, 0.25) is 0 Å². The van der Waals surface area contributed by atoms with Crippen LogP contribution in [-0.4, -0.2) is 16.8 Å². The van der Waals surface area contributed by atoms with Crippen LogP contribution in [0.2, 0.25) is 0 Å². The number of carbonyl (C=O) groups is 1. The van der Waals surface area contributed by atoms with Gasteiger partial charge in [0, 0.05) is 24.7 Å². The number of nitrogens with zero attached hydrogens (tertiary/aromatic N) is 1. The lowest BCUT2D eigenvalue weighted by Crippen LogP contribution is -2.20. The minimum atomic E-state index is 0.00887. The summed E-state index contributed by atoms with van der Waals surface area (Å²) in [6.07, 6.45) is 4.21. The molecule has 0 unspecified atom stereocenters. The molecule has 1 aliphatic carbocycles. The molecule has 0 atom stereocenters. The van der Waals surface area contributed by atoms with E-state index in [4.69, 9.17) is 0 Å². The minimum Gasteiger partial charge on any atom is -0.310 e. The number of Topliss-reactive ketones (excluding diaryl/α,β-unsaturated/α-hetero) is 1. The van der Waals surface area contributed by atoms with Crippen LogP contribution in [0.5, 0.6) is 0 Å². The van der Waals surface area contributed by atoms with E-state index < -0.39 is 0 Å². The van der Waals surface area contributed by atoms with E-state index >= 15 is 0 Å². The third-order valence-electron chi connectivity index (χ3n) is 2.81. The second kappa shape index (κ2) is 4.74. The summed E-state index contributed by atoms with van der Waals surface area (Å²) in [6.45, 7) is 4.58. The number of hydrogen-bond donors (Lipinski definition) is 1. The summed E-state index contributed by atoms with van der Waals surface area (Å²) in [4.78, 5) is 16.1. The van der Waals surface area contributed by atoms with E-state index in [-0.39, 0.29) is 11.7 Å². The maximum atomic E-state index is 11.9. The smallest absolute Gasteiger partial charge is 0.184 e. The van der Waals surface area contributed by atoms with Gasteiger partial charge in [-0.2, -0.15) is 0 Å². The highest BCUT2D eigenvalue weighted by Crippen LogP contribution is 2.20. The largest absolute Gasteiger partial charge is 0.310 e. The first-order valence-corrected chi connectivity index (χ1v) is 5.90. The molecule has 1 heterocycles. The van der Waals surface area contributed by atoms with Crippen molar-refractivity contribution in [2.75, 3.05) is 0 Å². The summed E-state index contributed by atoms with van der Waals surface area (Å²) in [6, 6.07) is 4.53. The fourth-order valence-corrected chi connectivity index (χ4v) is 1.62. The summed E-state index contributed by atoms with van der Waals surface area (Å²) >= 11 is 0. The first kappa shape index (κ1) is 11.3. The molecule has 1 aromatic rings. The van der Waals surface area contributed by atoms with Gasteiger partial charge in [0.1, 0.15) is 5.69 Å². The highest BCUT2D eigenvalue weighted by atomic mass is 16.1. The highest BCUT2D eigenvalue weighted by Gasteiger charge is 2.22. The minimum absolute atomic E-state index is 0.00887. The van der Waals surface area contributed by atoms with Crippen molar-refractivity contribution in [2.24, 2.45) is 5.92 Å². The number of aromatic nitrogens is 1. The average molecular weight is 218 g/mol. The summed E-state index contributed by atoms with van der Waals surface area (Å²) < 4.78 is 0. The van der Waals surface area contributed by atoms with Crippen molar-refractivity contribution in [3.8, 4) is 0 Å². The van der Waals surface area contributed by atoms with Crippen molar-refractivity contribution < 1.29 is 4.79 Å². The van der Waals surface area contributed by atoms with E-state index in [1.807, 2.05) is 26.0 Å². The third-order valence-corrected chi connectivity index (χ3v) is 2.81. The van der Waals surface area contributed by atoms with Crippen LogP contribution in [0.4, 0.5) is 0 Å². The van der Waals surface area contributed by atoms with E-state index in [1.165, 1.54) is 12.8 Å². The molecule has 1 saturated carbocycles. The summed E-state index contributed by atoms with van der Waals surface area (Å²) in [7, 11) is 0. The standard InChI is InChI=1S/C13H18N2O/c1-9(2)13(16)12-10(4-3-7-14-12)8-15-11-5-6-11/h3-4,7,9,11,15H,5-6,8H2,1-2H3. The topological polar surface area (TPSA) is 42.0 Å². The van der Waals surface area contributed by atoms with Gasteiger partial charge in [-0.05, 0) is 24.5 Å². The van der Waals surface area contributed by atoms with Crippen LogP contribution in [0, 0.1) is 5.92 Å². The van der Waals surface area contributed by atoms with Crippen molar-refractivity contribution in [3.05, 3.63) is 29.6 Å². The maximum absolute atomic E-state index is 11.9. The Kier molecular flexibility index (Phi) is 3.34. The second-order valence-electron chi connectivity index (χ2n) is 4.69. The van der Waals surface area contributed by atoms with Gasteiger partial charge in [-0.1, -0.05) is 19.9 Å². The van der Waals surface area contributed by atoms with Gasteiger partial charge in [-0.15, -0.1) is 0 Å². The molecule has 3 nitrogen and oxygen atoms in total. The van der Waals surface area contributed by atoms with E-state index in [0.717, 1.165) is 12.1 Å². The third kappa shape index (κ3) is 2.67. The first-order valence-electron chi connectivity index (χ1n) is 5.90. The zero-order chi connectivity index (χ0) is 11.5. The lowest BCUT2D eigenvalue weighted by atomic mass is 10.0. The number of pyridine rings is 1. The van der Waals surface area contributed by atoms with Gasteiger partial charge in [-0.3, -0.25) is 9.78 Å². The lowest BCUT2D eigenvalue weighted by Gasteiger charge is -2.09. The Balaban J connectivity index is 2.12. The molecular formula is C13H18N2O. The molecule has 1 aromatic heterocycles. The van der Waals surface area contributed by atoms with Crippen molar-refractivity contribution in [1.82, 2.24) is 10.3 Å². The Morgan fingerprint density at radius 1 is 1.56 bits per heavy atom. The molecule has 1 fully saturated rings. The van der Waals surface area contributed by atoms with Gasteiger partial charge in [0.05, 0.1) is 0 Å². The van der Waals surface area contributed by atoms with E-state index in [1.54, 1.807) is 6.20 Å². The quantitative estimate of drug-likeness (QED) is 0.770. The molecule has 0 bridgehead atoms. The molecule has 1 N–H and O–H groups in total.